The molecule has 1 aliphatic carbocycles. The minimum atomic E-state index is 0.105. The molecule has 0 saturated carbocycles. The van der Waals surface area contributed by atoms with E-state index in [1.165, 1.54) is 0 Å². The van der Waals surface area contributed by atoms with E-state index in [4.69, 9.17) is 0 Å². The van der Waals surface area contributed by atoms with Crippen LogP contribution in [0.4, 0.5) is 0 Å². The Morgan fingerprint density at radius 3 is 2.92 bits per heavy atom. The number of allylic oxidation sites excluding steroid dienone is 2. The van der Waals surface area contributed by atoms with Crippen LogP contribution < -0.4 is 5.32 Å². The third kappa shape index (κ3) is 2.58. The summed E-state index contributed by atoms with van der Waals surface area (Å²) in [6, 6.07) is 0. The maximum absolute atomic E-state index is 10.8. The van der Waals surface area contributed by atoms with E-state index in [1.54, 1.807) is 0 Å². The first-order chi connectivity index (χ1) is 6.09. The lowest BCUT2D eigenvalue weighted by Crippen LogP contribution is -2.28. The number of aldehydes is 1. The van der Waals surface area contributed by atoms with Crippen molar-refractivity contribution in [1.29, 1.82) is 0 Å². The summed E-state index contributed by atoms with van der Waals surface area (Å²) in [4.78, 5) is 10.8. The number of hydrogen-bond acceptors (Lipinski definition) is 2. The van der Waals surface area contributed by atoms with Crippen molar-refractivity contribution in [2.75, 3.05) is 6.54 Å². The second kappa shape index (κ2) is 3.95. The van der Waals surface area contributed by atoms with Crippen LogP contribution in [-0.2, 0) is 4.79 Å². The molecule has 0 heterocycles. The van der Waals surface area contributed by atoms with Gasteiger partial charge < -0.3 is 10.1 Å². The highest BCUT2D eigenvalue weighted by Crippen LogP contribution is 2.34. The molecular formula is C11H19NO. The Bertz CT molecular complexity index is 218. The molecule has 1 unspecified atom stereocenters. The summed E-state index contributed by atoms with van der Waals surface area (Å²) in [5, 5.41) is 3.27. The van der Waals surface area contributed by atoms with Gasteiger partial charge in [-0.05, 0) is 25.2 Å². The van der Waals surface area contributed by atoms with Crippen molar-refractivity contribution in [3.63, 3.8) is 0 Å². The van der Waals surface area contributed by atoms with Gasteiger partial charge in [-0.15, -0.1) is 0 Å². The number of hydrogen-bond donors (Lipinski definition) is 1. The quantitative estimate of drug-likeness (QED) is 0.676. The molecule has 1 N–H and O–H groups in total. The average molecular weight is 181 g/mol. The molecule has 0 aromatic carbocycles. The monoisotopic (exact) mass is 181 g/mol. The van der Waals surface area contributed by atoms with E-state index in [9.17, 15) is 4.79 Å². The molecular weight excluding hydrogens is 162 g/mol. The normalized spacial score (nSPS) is 26.4. The lowest BCUT2D eigenvalue weighted by Gasteiger charge is -2.31. The zero-order chi connectivity index (χ0) is 9.90. The lowest BCUT2D eigenvalue weighted by molar-refractivity contribution is -0.110. The third-order valence-electron chi connectivity index (χ3n) is 2.59. The van der Waals surface area contributed by atoms with Crippen LogP contribution in [0.2, 0.25) is 0 Å². The van der Waals surface area contributed by atoms with Gasteiger partial charge in [-0.25, -0.2) is 0 Å². The van der Waals surface area contributed by atoms with Crippen molar-refractivity contribution >= 4 is 6.29 Å². The second-order valence-electron chi connectivity index (χ2n) is 4.40. The van der Waals surface area contributed by atoms with Crippen LogP contribution in [0.3, 0.4) is 0 Å². The van der Waals surface area contributed by atoms with Crippen LogP contribution >= 0.6 is 0 Å². The number of carbonyl (C=O) groups excluding carboxylic acids is 1. The Labute approximate surface area is 80.4 Å². The molecule has 1 aliphatic rings. The highest BCUT2D eigenvalue weighted by atomic mass is 16.1. The van der Waals surface area contributed by atoms with Crippen LogP contribution in [0.5, 0.6) is 0 Å². The SMILES string of the molecule is CCNC1=CC(C)(C)CCC1C=O. The zero-order valence-electron chi connectivity index (χ0n) is 8.76. The molecule has 2 nitrogen and oxygen atoms in total. The fourth-order valence-electron chi connectivity index (χ4n) is 1.81. The maximum Gasteiger partial charge on any atom is 0.128 e. The minimum Gasteiger partial charge on any atom is -0.388 e. The van der Waals surface area contributed by atoms with E-state index in [-0.39, 0.29) is 11.3 Å². The summed E-state index contributed by atoms with van der Waals surface area (Å²) >= 11 is 0. The molecule has 0 bridgehead atoms. The minimum absolute atomic E-state index is 0.105. The van der Waals surface area contributed by atoms with Gasteiger partial charge in [-0.2, -0.15) is 0 Å². The summed E-state index contributed by atoms with van der Waals surface area (Å²) in [7, 11) is 0. The van der Waals surface area contributed by atoms with Gasteiger partial charge in [0.2, 0.25) is 0 Å². The van der Waals surface area contributed by atoms with E-state index in [0.29, 0.717) is 0 Å². The Kier molecular flexibility index (Phi) is 3.12. The second-order valence-corrected chi connectivity index (χ2v) is 4.40. The first-order valence-corrected chi connectivity index (χ1v) is 5.01. The van der Waals surface area contributed by atoms with Gasteiger partial charge in [-0.3, -0.25) is 0 Å². The summed E-state index contributed by atoms with van der Waals surface area (Å²) in [6.45, 7) is 7.38. The van der Waals surface area contributed by atoms with Crippen LogP contribution in [0.1, 0.15) is 33.6 Å². The molecule has 0 radical (unpaired) electrons. The van der Waals surface area contributed by atoms with Crippen LogP contribution in [-0.4, -0.2) is 12.8 Å². The molecule has 74 valence electrons. The zero-order valence-corrected chi connectivity index (χ0v) is 8.76. The van der Waals surface area contributed by atoms with Gasteiger partial charge in [0.1, 0.15) is 6.29 Å². The predicted molar refractivity (Wildman–Crippen MR) is 54.3 cm³/mol. The molecule has 0 aromatic rings. The molecule has 0 aromatic heterocycles. The summed E-state index contributed by atoms with van der Waals surface area (Å²) < 4.78 is 0. The molecule has 1 rings (SSSR count). The van der Waals surface area contributed by atoms with Gasteiger partial charge in [-0.1, -0.05) is 19.9 Å². The average Bonchev–Trinajstić information content (AvgIpc) is 2.04. The van der Waals surface area contributed by atoms with E-state index in [2.05, 4.69) is 32.2 Å². The first-order valence-electron chi connectivity index (χ1n) is 5.01. The van der Waals surface area contributed by atoms with Crippen molar-refractivity contribution in [2.24, 2.45) is 11.3 Å². The Morgan fingerprint density at radius 1 is 1.69 bits per heavy atom. The summed E-state index contributed by atoms with van der Waals surface area (Å²) in [5.41, 5.74) is 1.37. The smallest absolute Gasteiger partial charge is 0.128 e. The number of nitrogens with one attached hydrogen (secondary N) is 1. The van der Waals surface area contributed by atoms with E-state index < -0.39 is 0 Å². The Hall–Kier alpha value is -0.790. The van der Waals surface area contributed by atoms with E-state index in [1.807, 2.05) is 0 Å². The van der Waals surface area contributed by atoms with Crippen LogP contribution in [0.15, 0.2) is 11.8 Å². The summed E-state index contributed by atoms with van der Waals surface area (Å²) in [5.74, 6) is 0.105. The molecule has 0 saturated heterocycles. The van der Waals surface area contributed by atoms with Gasteiger partial charge >= 0.3 is 0 Å². The molecule has 0 spiro atoms. The molecule has 0 aliphatic heterocycles. The maximum atomic E-state index is 10.8. The van der Waals surface area contributed by atoms with Gasteiger partial charge in [0.15, 0.2) is 0 Å². The van der Waals surface area contributed by atoms with Gasteiger partial charge in [0.25, 0.3) is 0 Å². The Balaban J connectivity index is 2.79. The first kappa shape index (κ1) is 10.3. The predicted octanol–water partition coefficient (Wildman–Crippen LogP) is 2.11. The Morgan fingerprint density at radius 2 is 2.38 bits per heavy atom. The van der Waals surface area contributed by atoms with Crippen molar-refractivity contribution in [1.82, 2.24) is 5.32 Å². The van der Waals surface area contributed by atoms with Crippen molar-refractivity contribution in [3.05, 3.63) is 11.8 Å². The molecule has 1 atom stereocenters. The highest BCUT2D eigenvalue weighted by molar-refractivity contribution is 5.59. The van der Waals surface area contributed by atoms with Crippen molar-refractivity contribution in [3.8, 4) is 0 Å². The number of rotatable bonds is 3. The fourth-order valence-corrected chi connectivity index (χ4v) is 1.81. The standard InChI is InChI=1S/C11H19NO/c1-4-12-10-7-11(2,3)6-5-9(10)8-13/h7-9,12H,4-6H2,1-3H3. The fraction of sp³-hybridized carbons (Fsp3) is 0.727. The molecule has 13 heavy (non-hydrogen) atoms. The largest absolute Gasteiger partial charge is 0.388 e. The highest BCUT2D eigenvalue weighted by Gasteiger charge is 2.26. The molecule has 0 amide bonds. The van der Waals surface area contributed by atoms with Crippen molar-refractivity contribution < 1.29 is 4.79 Å². The third-order valence-corrected chi connectivity index (χ3v) is 2.59. The van der Waals surface area contributed by atoms with E-state index in [0.717, 1.165) is 31.4 Å². The topological polar surface area (TPSA) is 29.1 Å². The van der Waals surface area contributed by atoms with Gasteiger partial charge in [0.05, 0.1) is 5.92 Å². The van der Waals surface area contributed by atoms with Gasteiger partial charge in [0, 0.05) is 12.2 Å². The van der Waals surface area contributed by atoms with Crippen molar-refractivity contribution in [2.45, 2.75) is 33.6 Å². The van der Waals surface area contributed by atoms with E-state index >= 15 is 0 Å². The summed E-state index contributed by atoms with van der Waals surface area (Å²) in [6.07, 6.45) is 5.35. The van der Waals surface area contributed by atoms with Crippen LogP contribution in [0.25, 0.3) is 0 Å². The number of carbonyl (C=O) groups is 1. The van der Waals surface area contributed by atoms with Crippen LogP contribution in [0, 0.1) is 11.3 Å². The molecule has 2 heteroatoms. The lowest BCUT2D eigenvalue weighted by atomic mass is 9.77. The molecule has 0 fully saturated rings.